The number of hydrogen-bond acceptors (Lipinski definition) is 5. The Balaban J connectivity index is 1.76. The van der Waals surface area contributed by atoms with Crippen molar-refractivity contribution in [3.05, 3.63) is 76.1 Å². The van der Waals surface area contributed by atoms with Gasteiger partial charge >= 0.3 is 5.97 Å². The molecule has 0 bridgehead atoms. The van der Waals surface area contributed by atoms with Crippen LogP contribution in [-0.2, 0) is 19.5 Å². The molecule has 0 radical (unpaired) electrons. The van der Waals surface area contributed by atoms with Gasteiger partial charge in [-0.05, 0) is 44.0 Å². The molecule has 7 nitrogen and oxygen atoms in total. The van der Waals surface area contributed by atoms with Crippen molar-refractivity contribution in [2.75, 3.05) is 27.9 Å². The Hall–Kier alpha value is -3.45. The zero-order valence-corrected chi connectivity index (χ0v) is 19.9. The standard InChI is InChI=1S/C26H32N2O5/c1-17-21(23(26(29)30)18(2)28(17)16-19-9-7-6-8-10-19)15-27-14-13-20-11-12-22(31-3)25(33-5)24(20)32-4/h6-12,27H,13-16H2,1-5H3,(H,29,30). The normalized spacial score (nSPS) is 10.8. The number of methoxy groups -OCH3 is 3. The van der Waals surface area contributed by atoms with Gasteiger partial charge in [-0.15, -0.1) is 0 Å². The molecule has 0 fully saturated rings. The third-order valence-electron chi connectivity index (χ3n) is 5.97. The van der Waals surface area contributed by atoms with Crippen LogP contribution < -0.4 is 19.5 Å². The van der Waals surface area contributed by atoms with Crippen molar-refractivity contribution in [2.24, 2.45) is 0 Å². The fraction of sp³-hybridized carbons (Fsp3) is 0.346. The van der Waals surface area contributed by atoms with E-state index >= 15 is 0 Å². The van der Waals surface area contributed by atoms with Gasteiger partial charge in [0.25, 0.3) is 0 Å². The van der Waals surface area contributed by atoms with Crippen molar-refractivity contribution >= 4 is 5.97 Å². The second kappa shape index (κ2) is 10.9. The molecule has 3 rings (SSSR count). The van der Waals surface area contributed by atoms with Crippen molar-refractivity contribution in [1.82, 2.24) is 9.88 Å². The maximum atomic E-state index is 12.0. The third-order valence-corrected chi connectivity index (χ3v) is 5.97. The van der Waals surface area contributed by atoms with E-state index in [9.17, 15) is 9.90 Å². The van der Waals surface area contributed by atoms with Gasteiger partial charge in [-0.3, -0.25) is 0 Å². The number of hydrogen-bond donors (Lipinski definition) is 2. The Labute approximate surface area is 194 Å². The lowest BCUT2D eigenvalue weighted by molar-refractivity contribution is 0.0694. The van der Waals surface area contributed by atoms with Gasteiger partial charge in [0, 0.05) is 30.0 Å². The van der Waals surface area contributed by atoms with Crippen LogP contribution in [0.25, 0.3) is 0 Å². The highest BCUT2D eigenvalue weighted by atomic mass is 16.5. The van der Waals surface area contributed by atoms with Gasteiger partial charge in [0.05, 0.1) is 26.9 Å². The number of rotatable bonds is 11. The van der Waals surface area contributed by atoms with Crippen LogP contribution in [0.5, 0.6) is 17.2 Å². The first-order valence-corrected chi connectivity index (χ1v) is 10.9. The third kappa shape index (κ3) is 5.14. The Morgan fingerprint density at radius 3 is 2.24 bits per heavy atom. The van der Waals surface area contributed by atoms with Crippen molar-refractivity contribution in [3.8, 4) is 17.2 Å². The molecule has 2 N–H and O–H groups in total. The Bertz CT molecular complexity index is 1110. The van der Waals surface area contributed by atoms with Gasteiger partial charge in [0.15, 0.2) is 11.5 Å². The van der Waals surface area contributed by atoms with Crippen LogP contribution in [0.3, 0.4) is 0 Å². The van der Waals surface area contributed by atoms with E-state index in [4.69, 9.17) is 14.2 Å². The van der Waals surface area contributed by atoms with Crippen LogP contribution in [0.15, 0.2) is 42.5 Å². The number of aromatic carboxylic acids is 1. The molecule has 0 aliphatic rings. The smallest absolute Gasteiger partial charge is 0.337 e. The first-order chi connectivity index (χ1) is 15.9. The molecule has 0 aliphatic carbocycles. The summed E-state index contributed by atoms with van der Waals surface area (Å²) in [4.78, 5) is 12.0. The number of nitrogens with zero attached hydrogens (tertiary/aromatic N) is 1. The summed E-state index contributed by atoms with van der Waals surface area (Å²) in [5.74, 6) is 0.921. The molecule has 0 amide bonds. The molecule has 0 aliphatic heterocycles. The number of carbonyl (C=O) groups is 1. The number of carboxylic acids is 1. The van der Waals surface area contributed by atoms with Crippen LogP contribution in [-0.4, -0.2) is 43.5 Å². The van der Waals surface area contributed by atoms with E-state index in [1.807, 2.05) is 56.3 Å². The van der Waals surface area contributed by atoms with Crippen LogP contribution >= 0.6 is 0 Å². The quantitative estimate of drug-likeness (QED) is 0.424. The molecule has 0 saturated carbocycles. The molecule has 33 heavy (non-hydrogen) atoms. The highest BCUT2D eigenvalue weighted by Gasteiger charge is 2.22. The number of aromatic nitrogens is 1. The summed E-state index contributed by atoms with van der Waals surface area (Å²) in [6.07, 6.45) is 0.689. The lowest BCUT2D eigenvalue weighted by atomic mass is 10.1. The van der Waals surface area contributed by atoms with Gasteiger partial charge in [-0.2, -0.15) is 0 Å². The van der Waals surface area contributed by atoms with Gasteiger partial charge in [0.1, 0.15) is 0 Å². The van der Waals surface area contributed by atoms with E-state index < -0.39 is 5.97 Å². The average molecular weight is 453 g/mol. The fourth-order valence-corrected chi connectivity index (χ4v) is 4.25. The largest absolute Gasteiger partial charge is 0.493 e. The number of nitrogens with one attached hydrogen (secondary N) is 1. The number of benzene rings is 2. The highest BCUT2D eigenvalue weighted by molar-refractivity contribution is 5.91. The van der Waals surface area contributed by atoms with Gasteiger partial charge < -0.3 is 29.2 Å². The molecule has 2 aromatic carbocycles. The minimum Gasteiger partial charge on any atom is -0.493 e. The van der Waals surface area contributed by atoms with E-state index in [1.54, 1.807) is 21.3 Å². The fourth-order valence-electron chi connectivity index (χ4n) is 4.25. The summed E-state index contributed by atoms with van der Waals surface area (Å²) in [5.41, 5.74) is 5.04. The Morgan fingerprint density at radius 2 is 1.64 bits per heavy atom. The van der Waals surface area contributed by atoms with Crippen molar-refractivity contribution in [2.45, 2.75) is 33.4 Å². The summed E-state index contributed by atoms with van der Waals surface area (Å²) < 4.78 is 18.4. The second-order valence-electron chi connectivity index (χ2n) is 7.82. The summed E-state index contributed by atoms with van der Waals surface area (Å²) >= 11 is 0. The molecule has 1 aromatic heterocycles. The Morgan fingerprint density at radius 1 is 0.939 bits per heavy atom. The van der Waals surface area contributed by atoms with E-state index in [0.717, 1.165) is 28.1 Å². The van der Waals surface area contributed by atoms with E-state index in [0.29, 0.717) is 48.9 Å². The molecule has 0 unspecified atom stereocenters. The lowest BCUT2D eigenvalue weighted by Crippen LogP contribution is -2.19. The molecule has 7 heteroatoms. The summed E-state index contributed by atoms with van der Waals surface area (Å²) in [7, 11) is 4.78. The molecular formula is C26H32N2O5. The number of carboxylic acid groups (broad SMARTS) is 1. The molecule has 0 atom stereocenters. The maximum absolute atomic E-state index is 12.0. The molecule has 0 spiro atoms. The minimum atomic E-state index is -0.902. The van der Waals surface area contributed by atoms with Gasteiger partial charge in [-0.25, -0.2) is 4.79 Å². The van der Waals surface area contributed by atoms with Crippen LogP contribution in [0.4, 0.5) is 0 Å². The van der Waals surface area contributed by atoms with Gasteiger partial charge in [0.2, 0.25) is 5.75 Å². The van der Waals surface area contributed by atoms with Crippen LogP contribution in [0, 0.1) is 13.8 Å². The predicted molar refractivity (Wildman–Crippen MR) is 128 cm³/mol. The Kier molecular flexibility index (Phi) is 8.01. The molecule has 0 saturated heterocycles. The molecule has 176 valence electrons. The summed E-state index contributed by atoms with van der Waals surface area (Å²) in [6.45, 7) is 5.61. The first kappa shape index (κ1) is 24.2. The van der Waals surface area contributed by atoms with E-state index in [1.165, 1.54) is 0 Å². The van der Waals surface area contributed by atoms with Crippen molar-refractivity contribution < 1.29 is 24.1 Å². The predicted octanol–water partition coefficient (Wildman–Crippen LogP) is 4.21. The zero-order chi connectivity index (χ0) is 24.0. The lowest BCUT2D eigenvalue weighted by Gasteiger charge is -2.16. The van der Waals surface area contributed by atoms with E-state index in [-0.39, 0.29) is 0 Å². The van der Waals surface area contributed by atoms with E-state index in [2.05, 4.69) is 9.88 Å². The monoisotopic (exact) mass is 452 g/mol. The second-order valence-corrected chi connectivity index (χ2v) is 7.82. The SMILES string of the molecule is COc1ccc(CCNCc2c(C(=O)O)c(C)n(Cc3ccccc3)c2C)c(OC)c1OC. The average Bonchev–Trinajstić information content (AvgIpc) is 3.06. The molecule has 3 aromatic rings. The minimum absolute atomic E-state index is 0.375. The summed E-state index contributed by atoms with van der Waals surface area (Å²) in [6, 6.07) is 13.9. The highest BCUT2D eigenvalue weighted by Crippen LogP contribution is 2.39. The first-order valence-electron chi connectivity index (χ1n) is 10.9. The van der Waals surface area contributed by atoms with Crippen molar-refractivity contribution in [3.63, 3.8) is 0 Å². The zero-order valence-electron chi connectivity index (χ0n) is 19.9. The number of ether oxygens (including phenoxy) is 3. The maximum Gasteiger partial charge on any atom is 0.337 e. The van der Waals surface area contributed by atoms with Crippen LogP contribution in [0.1, 0.15) is 38.4 Å². The molecule has 1 heterocycles. The van der Waals surface area contributed by atoms with Crippen molar-refractivity contribution in [1.29, 1.82) is 0 Å². The molecular weight excluding hydrogens is 420 g/mol. The van der Waals surface area contributed by atoms with Crippen LogP contribution in [0.2, 0.25) is 0 Å². The topological polar surface area (TPSA) is 82.0 Å². The van der Waals surface area contributed by atoms with Gasteiger partial charge in [-0.1, -0.05) is 36.4 Å². The summed E-state index contributed by atoms with van der Waals surface area (Å²) in [5, 5.41) is 13.3.